The molecule has 2 rings (SSSR count). The van der Waals surface area contributed by atoms with Gasteiger partial charge in [0.15, 0.2) is 0 Å². The fraction of sp³-hybridized carbons (Fsp3) is 0.250. The second-order valence-corrected chi connectivity index (χ2v) is 4.84. The minimum absolute atomic E-state index is 0.117. The standard InChI is InChI=1S/C16H19N3O2/c1-11(19-12-5-7-13(21-2)8-6-12)10-15-14(16(17)20)4-3-9-18-15/h3-9,11,19H,10H2,1-2H3,(H2,17,20)/t11-/m1/s1. The lowest BCUT2D eigenvalue weighted by Crippen LogP contribution is -2.22. The second kappa shape index (κ2) is 6.74. The highest BCUT2D eigenvalue weighted by Crippen LogP contribution is 2.17. The zero-order chi connectivity index (χ0) is 15.2. The van der Waals surface area contributed by atoms with Crippen molar-refractivity contribution in [1.29, 1.82) is 0 Å². The third-order valence-corrected chi connectivity index (χ3v) is 3.16. The summed E-state index contributed by atoms with van der Waals surface area (Å²) in [6.45, 7) is 2.03. The number of benzene rings is 1. The Balaban J connectivity index is 2.04. The Morgan fingerprint density at radius 3 is 2.67 bits per heavy atom. The molecule has 0 spiro atoms. The first kappa shape index (κ1) is 14.8. The van der Waals surface area contributed by atoms with Crippen LogP contribution in [0.3, 0.4) is 0 Å². The lowest BCUT2D eigenvalue weighted by atomic mass is 10.1. The van der Waals surface area contributed by atoms with Gasteiger partial charge in [-0.15, -0.1) is 0 Å². The van der Waals surface area contributed by atoms with Crippen molar-refractivity contribution in [3.05, 3.63) is 53.9 Å². The maximum atomic E-state index is 11.4. The molecule has 0 unspecified atom stereocenters. The highest BCUT2D eigenvalue weighted by Gasteiger charge is 2.12. The number of hydrogen-bond acceptors (Lipinski definition) is 4. The van der Waals surface area contributed by atoms with Gasteiger partial charge in [0.05, 0.1) is 18.4 Å². The van der Waals surface area contributed by atoms with Crippen LogP contribution in [0.5, 0.6) is 5.75 Å². The van der Waals surface area contributed by atoms with Gasteiger partial charge in [0.25, 0.3) is 5.91 Å². The first-order valence-electron chi connectivity index (χ1n) is 6.74. The van der Waals surface area contributed by atoms with Crippen LogP contribution < -0.4 is 15.8 Å². The Bertz CT molecular complexity index is 611. The number of nitrogens with one attached hydrogen (secondary N) is 1. The number of aromatic nitrogens is 1. The van der Waals surface area contributed by atoms with Gasteiger partial charge in [-0.3, -0.25) is 9.78 Å². The fourth-order valence-electron chi connectivity index (χ4n) is 2.14. The molecule has 1 aromatic heterocycles. The molecule has 1 aromatic carbocycles. The first-order valence-corrected chi connectivity index (χ1v) is 6.74. The third-order valence-electron chi connectivity index (χ3n) is 3.16. The number of pyridine rings is 1. The molecule has 0 saturated carbocycles. The molecule has 5 nitrogen and oxygen atoms in total. The molecule has 0 saturated heterocycles. The number of anilines is 1. The Hall–Kier alpha value is -2.56. The molecular weight excluding hydrogens is 266 g/mol. The fourth-order valence-corrected chi connectivity index (χ4v) is 2.14. The molecule has 0 aliphatic heterocycles. The molecule has 2 aromatic rings. The number of nitrogens with two attached hydrogens (primary N) is 1. The van der Waals surface area contributed by atoms with Crippen molar-refractivity contribution in [1.82, 2.24) is 4.98 Å². The predicted octanol–water partition coefficient (Wildman–Crippen LogP) is 2.23. The Labute approximate surface area is 124 Å². The zero-order valence-electron chi connectivity index (χ0n) is 12.2. The highest BCUT2D eigenvalue weighted by atomic mass is 16.5. The van der Waals surface area contributed by atoms with Crippen LogP contribution in [-0.4, -0.2) is 24.0 Å². The number of methoxy groups -OCH3 is 1. The second-order valence-electron chi connectivity index (χ2n) is 4.84. The molecule has 1 heterocycles. The monoisotopic (exact) mass is 285 g/mol. The first-order chi connectivity index (χ1) is 10.1. The van der Waals surface area contributed by atoms with Crippen LogP contribution >= 0.6 is 0 Å². The Morgan fingerprint density at radius 1 is 1.33 bits per heavy atom. The van der Waals surface area contributed by atoms with E-state index in [9.17, 15) is 4.79 Å². The summed E-state index contributed by atoms with van der Waals surface area (Å²) in [4.78, 5) is 15.6. The van der Waals surface area contributed by atoms with E-state index in [-0.39, 0.29) is 6.04 Å². The van der Waals surface area contributed by atoms with Crippen LogP contribution in [-0.2, 0) is 6.42 Å². The van der Waals surface area contributed by atoms with Crippen LogP contribution in [0.15, 0.2) is 42.6 Å². The van der Waals surface area contributed by atoms with Gasteiger partial charge in [-0.2, -0.15) is 0 Å². The number of carbonyl (C=O) groups is 1. The minimum Gasteiger partial charge on any atom is -0.497 e. The van der Waals surface area contributed by atoms with Crippen molar-refractivity contribution < 1.29 is 9.53 Å². The van der Waals surface area contributed by atoms with Crippen molar-refractivity contribution in [3.8, 4) is 5.75 Å². The molecule has 1 atom stereocenters. The van der Waals surface area contributed by atoms with Crippen LogP contribution in [0.4, 0.5) is 5.69 Å². The van der Waals surface area contributed by atoms with Crippen LogP contribution in [0.2, 0.25) is 0 Å². The average Bonchev–Trinajstić information content (AvgIpc) is 2.48. The SMILES string of the molecule is COc1ccc(N[C@H](C)Cc2ncccc2C(N)=O)cc1. The van der Waals surface area contributed by atoms with E-state index in [4.69, 9.17) is 10.5 Å². The van der Waals surface area contributed by atoms with E-state index in [2.05, 4.69) is 10.3 Å². The summed E-state index contributed by atoms with van der Waals surface area (Å²) in [5.41, 5.74) is 7.53. The molecule has 110 valence electrons. The van der Waals surface area contributed by atoms with Gasteiger partial charge >= 0.3 is 0 Å². The highest BCUT2D eigenvalue weighted by molar-refractivity contribution is 5.93. The number of carbonyl (C=O) groups excluding carboxylic acids is 1. The van der Waals surface area contributed by atoms with E-state index in [1.807, 2.05) is 31.2 Å². The lowest BCUT2D eigenvalue weighted by Gasteiger charge is -2.16. The number of ether oxygens (including phenoxy) is 1. The van der Waals surface area contributed by atoms with Gasteiger partial charge in [-0.05, 0) is 43.3 Å². The van der Waals surface area contributed by atoms with Crippen molar-refractivity contribution in [3.63, 3.8) is 0 Å². The van der Waals surface area contributed by atoms with Crippen molar-refractivity contribution in [2.24, 2.45) is 5.73 Å². The van der Waals surface area contributed by atoms with Gasteiger partial charge in [0, 0.05) is 24.3 Å². The molecule has 21 heavy (non-hydrogen) atoms. The molecular formula is C16H19N3O2. The number of hydrogen-bond donors (Lipinski definition) is 2. The maximum Gasteiger partial charge on any atom is 0.250 e. The van der Waals surface area contributed by atoms with Crippen molar-refractivity contribution >= 4 is 11.6 Å². The van der Waals surface area contributed by atoms with Crippen molar-refractivity contribution in [2.45, 2.75) is 19.4 Å². The topological polar surface area (TPSA) is 77.2 Å². The summed E-state index contributed by atoms with van der Waals surface area (Å²) in [7, 11) is 1.64. The smallest absolute Gasteiger partial charge is 0.250 e. The van der Waals surface area contributed by atoms with Gasteiger partial charge < -0.3 is 15.8 Å². The molecule has 0 aliphatic rings. The molecule has 0 aliphatic carbocycles. The number of rotatable bonds is 6. The largest absolute Gasteiger partial charge is 0.497 e. The Morgan fingerprint density at radius 2 is 2.05 bits per heavy atom. The maximum absolute atomic E-state index is 11.4. The van der Waals surface area contributed by atoms with Gasteiger partial charge in [0.1, 0.15) is 5.75 Å². The number of primary amides is 1. The van der Waals surface area contributed by atoms with Crippen LogP contribution in [0, 0.1) is 0 Å². The normalized spacial score (nSPS) is 11.7. The summed E-state index contributed by atoms with van der Waals surface area (Å²) in [6.07, 6.45) is 2.28. The summed E-state index contributed by atoms with van der Waals surface area (Å²) in [5, 5.41) is 3.36. The molecule has 1 amide bonds. The number of nitrogens with zero attached hydrogens (tertiary/aromatic N) is 1. The van der Waals surface area contributed by atoms with Gasteiger partial charge in [-0.1, -0.05) is 0 Å². The van der Waals surface area contributed by atoms with E-state index in [1.54, 1.807) is 25.4 Å². The van der Waals surface area contributed by atoms with Crippen LogP contribution in [0.25, 0.3) is 0 Å². The summed E-state index contributed by atoms with van der Waals surface area (Å²) < 4.78 is 5.12. The third kappa shape index (κ3) is 3.95. The Kier molecular flexibility index (Phi) is 4.77. The van der Waals surface area contributed by atoms with Gasteiger partial charge in [0.2, 0.25) is 0 Å². The average molecular weight is 285 g/mol. The molecule has 0 bridgehead atoms. The quantitative estimate of drug-likeness (QED) is 0.853. The molecule has 3 N–H and O–H groups in total. The molecule has 0 fully saturated rings. The molecule has 5 heteroatoms. The van der Waals surface area contributed by atoms with Crippen molar-refractivity contribution in [2.75, 3.05) is 12.4 Å². The van der Waals surface area contributed by atoms with E-state index in [0.717, 1.165) is 11.4 Å². The summed E-state index contributed by atoms with van der Waals surface area (Å²) in [5.74, 6) is 0.365. The minimum atomic E-state index is -0.449. The van der Waals surface area contributed by atoms with Crippen LogP contribution in [0.1, 0.15) is 23.0 Å². The zero-order valence-corrected chi connectivity index (χ0v) is 12.2. The number of amides is 1. The van der Waals surface area contributed by atoms with Gasteiger partial charge in [-0.25, -0.2) is 0 Å². The van der Waals surface area contributed by atoms with E-state index in [1.165, 1.54) is 0 Å². The molecule has 0 radical (unpaired) electrons. The lowest BCUT2D eigenvalue weighted by molar-refractivity contribution is 0.0999. The predicted molar refractivity (Wildman–Crippen MR) is 82.5 cm³/mol. The van der Waals surface area contributed by atoms with E-state index < -0.39 is 5.91 Å². The summed E-state index contributed by atoms with van der Waals surface area (Å²) >= 11 is 0. The summed E-state index contributed by atoms with van der Waals surface area (Å²) in [6, 6.07) is 11.2. The van der Waals surface area contributed by atoms with E-state index in [0.29, 0.717) is 17.7 Å². The van der Waals surface area contributed by atoms with E-state index >= 15 is 0 Å².